The smallest absolute Gasteiger partial charge is 0.255 e. The van der Waals surface area contributed by atoms with Crippen LogP contribution in [0.25, 0.3) is 22.2 Å². The summed E-state index contributed by atoms with van der Waals surface area (Å²) in [5.41, 5.74) is 5.02. The molecule has 0 saturated carbocycles. The Morgan fingerprint density at radius 1 is 0.730 bits per heavy atom. The normalized spacial score (nSPS) is 10.6. The molecule has 0 atom stereocenters. The zero-order chi connectivity index (χ0) is 25.8. The van der Waals surface area contributed by atoms with Crippen LogP contribution in [0.5, 0.6) is 0 Å². The molecular weight excluding hydrogens is 486 g/mol. The van der Waals surface area contributed by atoms with E-state index in [1.807, 2.05) is 42.5 Å². The van der Waals surface area contributed by atoms with Gasteiger partial charge >= 0.3 is 0 Å². The molecule has 0 saturated heterocycles. The van der Waals surface area contributed by atoms with Crippen LogP contribution in [0.1, 0.15) is 17.3 Å². The van der Waals surface area contributed by atoms with Crippen molar-refractivity contribution in [3.05, 3.63) is 108 Å². The van der Waals surface area contributed by atoms with Gasteiger partial charge in [0.15, 0.2) is 0 Å². The maximum Gasteiger partial charge on any atom is 0.255 e. The highest BCUT2D eigenvalue weighted by Gasteiger charge is 2.12. The molecule has 0 aliphatic rings. The fraction of sp³-hybridized carbons (Fsp3) is 0.0345. The van der Waals surface area contributed by atoms with Crippen molar-refractivity contribution in [3.8, 4) is 11.3 Å². The third kappa shape index (κ3) is 5.74. The van der Waals surface area contributed by atoms with E-state index in [1.54, 1.807) is 54.6 Å². The van der Waals surface area contributed by atoms with Crippen LogP contribution < -0.4 is 16.0 Å². The molecular formula is C29H22ClN5O2. The molecule has 0 fully saturated rings. The van der Waals surface area contributed by atoms with E-state index in [1.165, 1.54) is 6.92 Å². The lowest BCUT2D eigenvalue weighted by atomic mass is 10.1. The predicted molar refractivity (Wildman–Crippen MR) is 148 cm³/mol. The minimum absolute atomic E-state index is 0.153. The molecule has 0 aliphatic heterocycles. The monoisotopic (exact) mass is 507 g/mol. The molecule has 0 unspecified atom stereocenters. The first-order valence-corrected chi connectivity index (χ1v) is 11.9. The molecule has 37 heavy (non-hydrogen) atoms. The molecule has 0 spiro atoms. The maximum atomic E-state index is 12.7. The molecule has 7 nitrogen and oxygen atoms in total. The third-order valence-electron chi connectivity index (χ3n) is 5.57. The molecule has 2 amide bonds. The van der Waals surface area contributed by atoms with Crippen molar-refractivity contribution in [1.29, 1.82) is 0 Å². The average Bonchev–Trinajstić information content (AvgIpc) is 2.90. The van der Waals surface area contributed by atoms with Crippen LogP contribution in [0.4, 0.5) is 23.0 Å². The van der Waals surface area contributed by atoms with Gasteiger partial charge in [0.05, 0.1) is 11.2 Å². The van der Waals surface area contributed by atoms with Gasteiger partial charge in [0.2, 0.25) is 11.9 Å². The van der Waals surface area contributed by atoms with Crippen molar-refractivity contribution >= 4 is 57.3 Å². The molecule has 0 bridgehead atoms. The SMILES string of the molecule is CC(=O)Nc1ccc(NC(=O)c2ccc(Nc3nc(-c4ccccc4)c4cc(Cl)ccc4n3)cc2)cc1. The average molecular weight is 508 g/mol. The summed E-state index contributed by atoms with van der Waals surface area (Å²) < 4.78 is 0. The number of hydrogen-bond acceptors (Lipinski definition) is 5. The largest absolute Gasteiger partial charge is 0.326 e. The standard InChI is InChI=1S/C29H22ClN5O2/c1-18(36)31-22-12-14-23(15-13-22)32-28(37)20-7-10-24(11-8-20)33-29-34-26-16-9-21(30)17-25(26)27(35-29)19-5-3-2-4-6-19/h2-17H,1H3,(H,31,36)(H,32,37)(H,33,34,35). The van der Waals surface area contributed by atoms with Crippen molar-refractivity contribution in [2.24, 2.45) is 0 Å². The molecule has 1 heterocycles. The molecule has 0 radical (unpaired) electrons. The summed E-state index contributed by atoms with van der Waals surface area (Å²) in [6, 6.07) is 29.4. The Morgan fingerprint density at radius 3 is 2.05 bits per heavy atom. The Hall–Kier alpha value is -4.75. The highest BCUT2D eigenvalue weighted by molar-refractivity contribution is 6.31. The number of aromatic nitrogens is 2. The number of halogens is 1. The second kappa shape index (κ2) is 10.5. The number of rotatable bonds is 6. The van der Waals surface area contributed by atoms with Crippen LogP contribution in [0.15, 0.2) is 97.1 Å². The van der Waals surface area contributed by atoms with E-state index in [0.717, 1.165) is 27.8 Å². The lowest BCUT2D eigenvalue weighted by Gasteiger charge is -2.11. The summed E-state index contributed by atoms with van der Waals surface area (Å²) in [5, 5.41) is 10.3. The Kier molecular flexibility index (Phi) is 6.78. The molecule has 5 rings (SSSR count). The Balaban J connectivity index is 1.34. The number of nitrogens with zero attached hydrogens (tertiary/aromatic N) is 2. The van der Waals surface area contributed by atoms with E-state index in [0.29, 0.717) is 27.9 Å². The summed E-state index contributed by atoms with van der Waals surface area (Å²) >= 11 is 6.25. The van der Waals surface area contributed by atoms with Crippen LogP contribution >= 0.6 is 11.6 Å². The van der Waals surface area contributed by atoms with Crippen LogP contribution in [0.2, 0.25) is 5.02 Å². The molecule has 5 aromatic rings. The number of amides is 2. The molecule has 1 aromatic heterocycles. The van der Waals surface area contributed by atoms with Gasteiger partial charge in [-0.3, -0.25) is 9.59 Å². The molecule has 3 N–H and O–H groups in total. The van der Waals surface area contributed by atoms with Gasteiger partial charge in [0, 0.05) is 45.5 Å². The van der Waals surface area contributed by atoms with Gasteiger partial charge in [0.1, 0.15) is 0 Å². The van der Waals surface area contributed by atoms with Crippen LogP contribution in [0, 0.1) is 0 Å². The predicted octanol–water partition coefficient (Wildman–Crippen LogP) is 6.90. The fourth-order valence-electron chi connectivity index (χ4n) is 3.85. The topological polar surface area (TPSA) is 96.0 Å². The van der Waals surface area contributed by atoms with Gasteiger partial charge in [-0.25, -0.2) is 9.97 Å². The van der Waals surface area contributed by atoms with Crippen molar-refractivity contribution in [2.75, 3.05) is 16.0 Å². The van der Waals surface area contributed by atoms with E-state index in [-0.39, 0.29) is 11.8 Å². The second-order valence-corrected chi connectivity index (χ2v) is 8.77. The lowest BCUT2D eigenvalue weighted by Crippen LogP contribution is -2.12. The summed E-state index contributed by atoms with van der Waals surface area (Å²) in [7, 11) is 0. The highest BCUT2D eigenvalue weighted by atomic mass is 35.5. The lowest BCUT2D eigenvalue weighted by molar-refractivity contribution is -0.114. The van der Waals surface area contributed by atoms with Gasteiger partial charge in [-0.2, -0.15) is 0 Å². The first-order valence-electron chi connectivity index (χ1n) is 11.5. The number of anilines is 4. The summed E-state index contributed by atoms with van der Waals surface area (Å²) in [6.07, 6.45) is 0. The van der Waals surface area contributed by atoms with E-state index in [4.69, 9.17) is 16.6 Å². The molecule has 0 aliphatic carbocycles. The molecule has 4 aromatic carbocycles. The van der Waals surface area contributed by atoms with Crippen molar-refractivity contribution in [2.45, 2.75) is 6.92 Å². The van der Waals surface area contributed by atoms with Crippen molar-refractivity contribution in [1.82, 2.24) is 9.97 Å². The zero-order valence-electron chi connectivity index (χ0n) is 19.8. The minimum atomic E-state index is -0.246. The van der Waals surface area contributed by atoms with Gasteiger partial charge in [-0.15, -0.1) is 0 Å². The van der Waals surface area contributed by atoms with Gasteiger partial charge in [-0.05, 0) is 66.7 Å². The number of carbonyl (C=O) groups excluding carboxylic acids is 2. The maximum absolute atomic E-state index is 12.7. The van der Waals surface area contributed by atoms with Gasteiger partial charge in [-0.1, -0.05) is 41.9 Å². The first kappa shape index (κ1) is 24.0. The van der Waals surface area contributed by atoms with E-state index in [2.05, 4.69) is 20.9 Å². The number of benzene rings is 4. The zero-order valence-corrected chi connectivity index (χ0v) is 20.6. The van der Waals surface area contributed by atoms with Crippen LogP contribution in [-0.4, -0.2) is 21.8 Å². The van der Waals surface area contributed by atoms with Crippen molar-refractivity contribution in [3.63, 3.8) is 0 Å². The Labute approximate surface area is 218 Å². The summed E-state index contributed by atoms with van der Waals surface area (Å²) in [5.74, 6) is 0.0365. The highest BCUT2D eigenvalue weighted by Crippen LogP contribution is 2.30. The summed E-state index contributed by atoms with van der Waals surface area (Å²) in [6.45, 7) is 1.44. The van der Waals surface area contributed by atoms with Crippen molar-refractivity contribution < 1.29 is 9.59 Å². The molecule has 182 valence electrons. The number of nitrogens with one attached hydrogen (secondary N) is 3. The number of fused-ring (bicyclic) bond motifs is 1. The van der Waals surface area contributed by atoms with Crippen LogP contribution in [-0.2, 0) is 4.79 Å². The van der Waals surface area contributed by atoms with Crippen LogP contribution in [0.3, 0.4) is 0 Å². The minimum Gasteiger partial charge on any atom is -0.326 e. The Morgan fingerprint density at radius 2 is 1.38 bits per heavy atom. The van der Waals surface area contributed by atoms with E-state index >= 15 is 0 Å². The number of carbonyl (C=O) groups is 2. The van der Waals surface area contributed by atoms with Gasteiger partial charge < -0.3 is 16.0 Å². The van der Waals surface area contributed by atoms with E-state index < -0.39 is 0 Å². The van der Waals surface area contributed by atoms with Gasteiger partial charge in [0.25, 0.3) is 5.91 Å². The number of hydrogen-bond donors (Lipinski definition) is 3. The summed E-state index contributed by atoms with van der Waals surface area (Å²) in [4.78, 5) is 33.3. The Bertz CT molecular complexity index is 1590. The first-order chi connectivity index (χ1) is 17.9. The second-order valence-electron chi connectivity index (χ2n) is 8.34. The fourth-order valence-corrected chi connectivity index (χ4v) is 4.02. The third-order valence-corrected chi connectivity index (χ3v) is 5.81. The van der Waals surface area contributed by atoms with E-state index in [9.17, 15) is 9.59 Å². The molecule has 8 heteroatoms. The quantitative estimate of drug-likeness (QED) is 0.232.